The van der Waals surface area contributed by atoms with E-state index in [0.717, 1.165) is 39.0 Å². The van der Waals surface area contributed by atoms with Gasteiger partial charge in [0.2, 0.25) is 5.76 Å². The fraction of sp³-hybridized carbons (Fsp3) is 0.147. The van der Waals surface area contributed by atoms with E-state index in [0.29, 0.717) is 31.2 Å². The third-order valence-electron chi connectivity index (χ3n) is 6.16. The van der Waals surface area contributed by atoms with Crippen LogP contribution in [0.3, 0.4) is 0 Å². The zero-order valence-electron chi connectivity index (χ0n) is 22.6. The summed E-state index contributed by atoms with van der Waals surface area (Å²) in [5.41, 5.74) is 3.62. The average Bonchev–Trinajstić information content (AvgIpc) is 3.64. The molecule has 6 rings (SSSR count). The second-order valence-corrected chi connectivity index (χ2v) is 9.15. The van der Waals surface area contributed by atoms with Crippen molar-refractivity contribution >= 4 is 27.9 Å². The number of aliphatic hydroxyl groups excluding tert-OH is 1. The normalized spacial score (nSPS) is 10.7. The standard InChI is InChI=1S/C18H16O4.C16H14O3/c1-2-20-18(19)17-11-14-10-15(8-9-16(14)22-17)21-12-13-6-4-3-5-7-13;17-10-15-9-13-8-14(6-7-16(13)19-15)18-11-12-4-2-1-3-5-12/h3-11H,2,12H2,1H3;1-9,17H,10-11H2. The maximum absolute atomic E-state index is 11.7. The minimum atomic E-state index is -0.453. The highest BCUT2D eigenvalue weighted by molar-refractivity contribution is 5.93. The van der Waals surface area contributed by atoms with Gasteiger partial charge in [0, 0.05) is 10.8 Å². The lowest BCUT2D eigenvalue weighted by Gasteiger charge is -2.05. The lowest BCUT2D eigenvalue weighted by molar-refractivity contribution is 0.0492. The maximum atomic E-state index is 11.7. The third kappa shape index (κ3) is 7.35. The summed E-state index contributed by atoms with van der Waals surface area (Å²) < 4.78 is 27.3. The van der Waals surface area contributed by atoms with Crippen LogP contribution in [0.1, 0.15) is 34.4 Å². The van der Waals surface area contributed by atoms with E-state index in [-0.39, 0.29) is 12.4 Å². The molecular weight excluding hydrogens is 520 g/mol. The van der Waals surface area contributed by atoms with E-state index in [1.165, 1.54) is 0 Å². The highest BCUT2D eigenvalue weighted by Gasteiger charge is 2.13. The van der Waals surface area contributed by atoms with Gasteiger partial charge in [0.15, 0.2) is 0 Å². The zero-order chi connectivity index (χ0) is 28.4. The molecule has 7 nitrogen and oxygen atoms in total. The molecule has 1 N–H and O–H groups in total. The predicted molar refractivity (Wildman–Crippen MR) is 156 cm³/mol. The summed E-state index contributed by atoms with van der Waals surface area (Å²) in [5.74, 6) is 1.84. The van der Waals surface area contributed by atoms with Crippen molar-refractivity contribution in [2.24, 2.45) is 0 Å². The van der Waals surface area contributed by atoms with Crippen LogP contribution < -0.4 is 9.47 Å². The smallest absolute Gasteiger partial charge is 0.374 e. The second-order valence-electron chi connectivity index (χ2n) is 9.15. The molecule has 0 aliphatic rings. The minimum absolute atomic E-state index is 0.0884. The molecule has 0 spiro atoms. The van der Waals surface area contributed by atoms with E-state index in [9.17, 15) is 4.79 Å². The summed E-state index contributed by atoms with van der Waals surface area (Å²) in [4.78, 5) is 11.7. The van der Waals surface area contributed by atoms with E-state index < -0.39 is 5.97 Å². The number of ether oxygens (including phenoxy) is 3. The quantitative estimate of drug-likeness (QED) is 0.185. The van der Waals surface area contributed by atoms with Crippen molar-refractivity contribution in [1.29, 1.82) is 0 Å². The van der Waals surface area contributed by atoms with Crippen LogP contribution in [-0.2, 0) is 24.6 Å². The van der Waals surface area contributed by atoms with E-state index >= 15 is 0 Å². The van der Waals surface area contributed by atoms with Gasteiger partial charge in [0.25, 0.3) is 0 Å². The molecule has 0 radical (unpaired) electrons. The van der Waals surface area contributed by atoms with Gasteiger partial charge in [0.05, 0.1) is 6.61 Å². The van der Waals surface area contributed by atoms with Gasteiger partial charge < -0.3 is 28.2 Å². The van der Waals surface area contributed by atoms with Gasteiger partial charge in [0.1, 0.15) is 48.2 Å². The number of benzene rings is 4. The first-order valence-corrected chi connectivity index (χ1v) is 13.3. The Morgan fingerprint density at radius 1 is 0.683 bits per heavy atom. The minimum Gasteiger partial charge on any atom is -0.489 e. The summed E-state index contributed by atoms with van der Waals surface area (Å²) in [6.07, 6.45) is 0. The molecule has 2 aromatic heterocycles. The summed E-state index contributed by atoms with van der Waals surface area (Å²) in [5, 5.41) is 10.8. The highest BCUT2D eigenvalue weighted by atomic mass is 16.5. The number of hydrogen-bond acceptors (Lipinski definition) is 7. The number of aliphatic hydroxyl groups is 1. The first kappa shape index (κ1) is 27.6. The highest BCUT2D eigenvalue weighted by Crippen LogP contribution is 2.26. The van der Waals surface area contributed by atoms with E-state index in [1.807, 2.05) is 97.1 Å². The van der Waals surface area contributed by atoms with Gasteiger partial charge in [-0.15, -0.1) is 0 Å². The molecular formula is C34H30O7. The summed E-state index contributed by atoms with van der Waals surface area (Å²) >= 11 is 0. The third-order valence-corrected chi connectivity index (χ3v) is 6.16. The Morgan fingerprint density at radius 2 is 1.22 bits per heavy atom. The molecule has 2 heterocycles. The van der Waals surface area contributed by atoms with Crippen molar-refractivity contribution in [1.82, 2.24) is 0 Å². The molecule has 0 saturated heterocycles. The fourth-order valence-corrected chi connectivity index (χ4v) is 4.14. The van der Waals surface area contributed by atoms with E-state index in [2.05, 4.69) is 0 Å². The molecule has 0 aliphatic carbocycles. The fourth-order valence-electron chi connectivity index (χ4n) is 4.14. The van der Waals surface area contributed by atoms with Gasteiger partial charge in [-0.25, -0.2) is 4.79 Å². The predicted octanol–water partition coefficient (Wildman–Crippen LogP) is 7.69. The number of carbonyl (C=O) groups is 1. The number of fused-ring (bicyclic) bond motifs is 2. The molecule has 0 aliphatic heterocycles. The lowest BCUT2D eigenvalue weighted by atomic mass is 10.2. The van der Waals surface area contributed by atoms with Crippen LogP contribution in [0.4, 0.5) is 0 Å². The zero-order valence-corrected chi connectivity index (χ0v) is 22.6. The first-order chi connectivity index (χ1) is 20.1. The molecule has 0 amide bonds. The largest absolute Gasteiger partial charge is 0.489 e. The molecule has 208 valence electrons. The number of furan rings is 2. The summed E-state index contributed by atoms with van der Waals surface area (Å²) in [6, 6.07) is 34.6. The molecule has 7 heteroatoms. The van der Waals surface area contributed by atoms with Crippen LogP contribution in [0.2, 0.25) is 0 Å². The van der Waals surface area contributed by atoms with Gasteiger partial charge in [-0.1, -0.05) is 60.7 Å². The maximum Gasteiger partial charge on any atom is 0.374 e. The Bertz CT molecular complexity index is 1700. The van der Waals surface area contributed by atoms with Crippen molar-refractivity contribution in [3.8, 4) is 11.5 Å². The van der Waals surface area contributed by atoms with Crippen molar-refractivity contribution in [2.75, 3.05) is 6.61 Å². The molecule has 0 unspecified atom stereocenters. The first-order valence-electron chi connectivity index (χ1n) is 13.3. The van der Waals surface area contributed by atoms with Crippen molar-refractivity contribution in [3.05, 3.63) is 132 Å². The van der Waals surface area contributed by atoms with Crippen molar-refractivity contribution in [2.45, 2.75) is 26.7 Å². The molecule has 4 aromatic carbocycles. The van der Waals surface area contributed by atoms with Gasteiger partial charge in [-0.2, -0.15) is 0 Å². The molecule has 0 bridgehead atoms. The number of esters is 1. The van der Waals surface area contributed by atoms with Crippen LogP contribution in [0.15, 0.2) is 118 Å². The second kappa shape index (κ2) is 13.4. The number of carbonyl (C=O) groups excluding carboxylic acids is 1. The average molecular weight is 551 g/mol. The van der Waals surface area contributed by atoms with Crippen LogP contribution in [0, 0.1) is 0 Å². The summed E-state index contributed by atoms with van der Waals surface area (Å²) in [7, 11) is 0. The van der Waals surface area contributed by atoms with Crippen LogP contribution in [0.25, 0.3) is 21.9 Å². The molecule has 41 heavy (non-hydrogen) atoms. The monoisotopic (exact) mass is 550 g/mol. The summed E-state index contributed by atoms with van der Waals surface area (Å²) in [6.45, 7) is 3.03. The number of hydrogen-bond donors (Lipinski definition) is 1. The lowest BCUT2D eigenvalue weighted by Crippen LogP contribution is -2.02. The SMILES string of the molecule is CCOC(=O)c1cc2cc(OCc3ccccc3)ccc2o1.OCc1cc2cc(OCc3ccccc3)ccc2o1. The van der Waals surface area contributed by atoms with Gasteiger partial charge in [-0.3, -0.25) is 0 Å². The van der Waals surface area contributed by atoms with Gasteiger partial charge in [-0.05, 0) is 66.6 Å². The van der Waals surface area contributed by atoms with Crippen LogP contribution in [0.5, 0.6) is 11.5 Å². The molecule has 0 atom stereocenters. The number of rotatable bonds is 9. The molecule has 0 fully saturated rings. The van der Waals surface area contributed by atoms with Crippen molar-refractivity contribution in [3.63, 3.8) is 0 Å². The Hall–Kier alpha value is -5.01. The van der Waals surface area contributed by atoms with Crippen LogP contribution >= 0.6 is 0 Å². The Morgan fingerprint density at radius 3 is 1.76 bits per heavy atom. The Kier molecular flexibility index (Phi) is 8.98. The van der Waals surface area contributed by atoms with Crippen LogP contribution in [-0.4, -0.2) is 17.7 Å². The van der Waals surface area contributed by atoms with E-state index in [4.69, 9.17) is 28.2 Å². The van der Waals surface area contributed by atoms with Gasteiger partial charge >= 0.3 is 5.97 Å². The topological polar surface area (TPSA) is 91.3 Å². The Balaban J connectivity index is 0.000000166. The van der Waals surface area contributed by atoms with Crippen molar-refractivity contribution < 1.29 is 32.9 Å². The molecule has 0 saturated carbocycles. The Labute approximate surface area is 237 Å². The molecule has 6 aromatic rings. The van der Waals surface area contributed by atoms with E-state index in [1.54, 1.807) is 19.1 Å².